The minimum absolute atomic E-state index is 0.124. The third-order valence-electron chi connectivity index (χ3n) is 10.3. The Morgan fingerprint density at radius 3 is 1.43 bits per heavy atom. The summed E-state index contributed by atoms with van der Waals surface area (Å²) in [6.07, 6.45) is 9.15. The molecule has 2 unspecified atom stereocenters. The highest BCUT2D eigenvalue weighted by atomic mass is 15.2. The van der Waals surface area contributed by atoms with Gasteiger partial charge in [-0.3, -0.25) is 0 Å². The van der Waals surface area contributed by atoms with Crippen LogP contribution < -0.4 is 4.90 Å². The number of anilines is 2. The van der Waals surface area contributed by atoms with Crippen LogP contribution in [0.5, 0.6) is 0 Å². The lowest BCUT2D eigenvalue weighted by Gasteiger charge is -2.35. The summed E-state index contributed by atoms with van der Waals surface area (Å²) in [5.41, 5.74) is 10.8. The molecule has 0 spiro atoms. The van der Waals surface area contributed by atoms with E-state index in [-0.39, 0.29) is 11.5 Å². The number of fused-ring (bicyclic) bond motifs is 9. The van der Waals surface area contributed by atoms with E-state index in [1.807, 2.05) is 0 Å². The van der Waals surface area contributed by atoms with E-state index in [2.05, 4.69) is 185 Å². The molecule has 1 aliphatic heterocycles. The van der Waals surface area contributed by atoms with Crippen molar-refractivity contribution in [2.75, 3.05) is 4.90 Å². The van der Waals surface area contributed by atoms with Crippen LogP contribution in [-0.2, 0) is 5.41 Å². The predicted octanol–water partition coefficient (Wildman–Crippen LogP) is 10.8. The molecule has 3 heterocycles. The van der Waals surface area contributed by atoms with Gasteiger partial charge in [0.1, 0.15) is 0 Å². The number of rotatable bonds is 3. The van der Waals surface area contributed by atoms with Crippen molar-refractivity contribution in [3.63, 3.8) is 0 Å². The maximum atomic E-state index is 2.56. The van der Waals surface area contributed by atoms with Crippen molar-refractivity contribution in [2.24, 2.45) is 0 Å². The molecule has 2 atom stereocenters. The Bertz CT molecular complexity index is 2340. The van der Waals surface area contributed by atoms with E-state index in [9.17, 15) is 0 Å². The minimum atomic E-state index is -0.124. The molecule has 0 bridgehead atoms. The van der Waals surface area contributed by atoms with Crippen molar-refractivity contribution in [1.29, 1.82) is 0 Å². The van der Waals surface area contributed by atoms with E-state index >= 15 is 0 Å². The van der Waals surface area contributed by atoms with Gasteiger partial charge in [0.05, 0.1) is 39.5 Å². The molecule has 0 saturated heterocycles. The number of hydrogen-bond donors (Lipinski definition) is 0. The summed E-state index contributed by atoms with van der Waals surface area (Å²) in [6, 6.07) is 51.4. The van der Waals surface area contributed by atoms with Gasteiger partial charge < -0.3 is 14.0 Å². The highest BCUT2D eigenvalue weighted by Gasteiger charge is 2.46. The van der Waals surface area contributed by atoms with Gasteiger partial charge in [0.2, 0.25) is 0 Å². The molecule has 0 N–H and O–H groups in total. The fourth-order valence-electron chi connectivity index (χ4n) is 8.29. The normalized spacial score (nSPS) is 18.6. The molecule has 3 heteroatoms. The molecular formula is C43H31N3. The maximum Gasteiger partial charge on any atom is 0.0655 e. The Balaban J connectivity index is 1.33. The van der Waals surface area contributed by atoms with Gasteiger partial charge in [-0.05, 0) is 61.0 Å². The third-order valence-corrected chi connectivity index (χ3v) is 10.3. The van der Waals surface area contributed by atoms with E-state index in [1.54, 1.807) is 0 Å². The fourth-order valence-corrected chi connectivity index (χ4v) is 8.29. The first kappa shape index (κ1) is 25.5. The molecule has 8 aromatic rings. The monoisotopic (exact) mass is 589 g/mol. The molecule has 3 nitrogen and oxygen atoms in total. The lowest BCUT2D eigenvalue weighted by atomic mass is 9.76. The van der Waals surface area contributed by atoms with Crippen LogP contribution in [0.1, 0.15) is 12.5 Å². The molecule has 6 aromatic carbocycles. The minimum Gasteiger partial charge on any atom is -0.333 e. The Morgan fingerprint density at radius 2 is 0.913 bits per heavy atom. The van der Waals surface area contributed by atoms with Gasteiger partial charge >= 0.3 is 0 Å². The van der Waals surface area contributed by atoms with Crippen LogP contribution in [0.15, 0.2) is 164 Å². The average Bonchev–Trinajstić information content (AvgIpc) is 3.72. The first-order valence-corrected chi connectivity index (χ1v) is 16.1. The SMILES string of the molecule is CC12C=CC=CC1N(c1cc(-n3c4ccccc4c4ccccc43)cc(-n3c4ccccc4c4ccccc43)c1)c1ccccc12. The first-order valence-electron chi connectivity index (χ1n) is 16.1. The summed E-state index contributed by atoms with van der Waals surface area (Å²) in [6.45, 7) is 2.38. The average molecular weight is 590 g/mol. The van der Waals surface area contributed by atoms with Crippen molar-refractivity contribution < 1.29 is 0 Å². The molecule has 46 heavy (non-hydrogen) atoms. The van der Waals surface area contributed by atoms with Gasteiger partial charge in [-0.1, -0.05) is 115 Å². The Labute approximate surface area is 267 Å². The van der Waals surface area contributed by atoms with Crippen molar-refractivity contribution in [2.45, 2.75) is 18.4 Å². The van der Waals surface area contributed by atoms with Gasteiger partial charge in [0.25, 0.3) is 0 Å². The highest BCUT2D eigenvalue weighted by Crippen LogP contribution is 2.52. The summed E-state index contributed by atoms with van der Waals surface area (Å²) in [5, 5.41) is 5.06. The van der Waals surface area contributed by atoms with Gasteiger partial charge in [-0.2, -0.15) is 0 Å². The van der Waals surface area contributed by atoms with Crippen molar-refractivity contribution in [3.05, 3.63) is 169 Å². The molecule has 218 valence electrons. The van der Waals surface area contributed by atoms with E-state index in [1.165, 1.54) is 60.5 Å². The van der Waals surface area contributed by atoms with Crippen LogP contribution in [0.4, 0.5) is 11.4 Å². The number of allylic oxidation sites excluding steroid dienone is 2. The fraction of sp³-hybridized carbons (Fsp3) is 0.0698. The molecule has 0 radical (unpaired) electrons. The van der Waals surface area contributed by atoms with E-state index in [0.717, 1.165) is 11.4 Å². The Kier molecular flexibility index (Phi) is 5.19. The van der Waals surface area contributed by atoms with E-state index < -0.39 is 0 Å². The molecular weight excluding hydrogens is 558 g/mol. The van der Waals surface area contributed by atoms with E-state index in [0.29, 0.717) is 0 Å². The zero-order valence-electron chi connectivity index (χ0n) is 25.5. The van der Waals surface area contributed by atoms with Gasteiger partial charge in [-0.25, -0.2) is 0 Å². The van der Waals surface area contributed by atoms with Crippen LogP contribution in [0.3, 0.4) is 0 Å². The van der Waals surface area contributed by atoms with Gasteiger partial charge in [0.15, 0.2) is 0 Å². The summed E-state index contributed by atoms with van der Waals surface area (Å²) in [4.78, 5) is 2.56. The number of nitrogens with zero attached hydrogens (tertiary/aromatic N) is 3. The molecule has 10 rings (SSSR count). The summed E-state index contributed by atoms with van der Waals surface area (Å²) in [5.74, 6) is 0. The predicted molar refractivity (Wildman–Crippen MR) is 193 cm³/mol. The number of hydrogen-bond acceptors (Lipinski definition) is 1. The number of aromatic nitrogens is 2. The van der Waals surface area contributed by atoms with Crippen molar-refractivity contribution >= 4 is 55.0 Å². The smallest absolute Gasteiger partial charge is 0.0655 e. The van der Waals surface area contributed by atoms with E-state index in [4.69, 9.17) is 0 Å². The van der Waals surface area contributed by atoms with Crippen molar-refractivity contribution in [3.8, 4) is 11.4 Å². The largest absolute Gasteiger partial charge is 0.333 e. The second-order valence-electron chi connectivity index (χ2n) is 12.8. The van der Waals surface area contributed by atoms with Crippen LogP contribution in [0.25, 0.3) is 55.0 Å². The molecule has 0 saturated carbocycles. The molecule has 0 amide bonds. The second-order valence-corrected chi connectivity index (χ2v) is 12.8. The summed E-state index contributed by atoms with van der Waals surface area (Å²) < 4.78 is 4.90. The molecule has 2 aromatic heterocycles. The van der Waals surface area contributed by atoms with Crippen LogP contribution in [0.2, 0.25) is 0 Å². The second kappa shape index (κ2) is 9.35. The lowest BCUT2D eigenvalue weighted by Crippen LogP contribution is -2.39. The highest BCUT2D eigenvalue weighted by molar-refractivity contribution is 6.10. The molecule has 0 fully saturated rings. The maximum absolute atomic E-state index is 2.56. The molecule has 1 aliphatic carbocycles. The Morgan fingerprint density at radius 1 is 0.478 bits per heavy atom. The van der Waals surface area contributed by atoms with Crippen LogP contribution in [0, 0.1) is 0 Å². The Hall–Kier alpha value is -5.80. The number of para-hydroxylation sites is 5. The zero-order valence-corrected chi connectivity index (χ0v) is 25.5. The standard InChI is InChI=1S/C43H31N3/c1-43-25-13-12-24-42(43)46(41-23-11-6-18-36(41)43)31-27-29(44-37-19-7-2-14-32(37)33-15-3-8-20-38(33)44)26-30(28-31)45-39-21-9-4-16-34(39)35-17-5-10-22-40(35)45/h2-28,42H,1H3. The third kappa shape index (κ3) is 3.37. The summed E-state index contributed by atoms with van der Waals surface area (Å²) in [7, 11) is 0. The van der Waals surface area contributed by atoms with Crippen LogP contribution in [-0.4, -0.2) is 15.2 Å². The van der Waals surface area contributed by atoms with Crippen LogP contribution >= 0.6 is 0 Å². The topological polar surface area (TPSA) is 13.1 Å². The van der Waals surface area contributed by atoms with Crippen molar-refractivity contribution in [1.82, 2.24) is 9.13 Å². The molecule has 2 aliphatic rings. The zero-order chi connectivity index (χ0) is 30.4. The van der Waals surface area contributed by atoms with Gasteiger partial charge in [-0.15, -0.1) is 0 Å². The lowest BCUT2D eigenvalue weighted by molar-refractivity contribution is 0.550. The summed E-state index contributed by atoms with van der Waals surface area (Å²) >= 11 is 0. The quantitative estimate of drug-likeness (QED) is 0.200. The number of benzene rings is 6. The first-order chi connectivity index (χ1) is 22.7. The van der Waals surface area contributed by atoms with Gasteiger partial charge in [0, 0.05) is 38.3 Å².